The lowest BCUT2D eigenvalue weighted by molar-refractivity contribution is -0.132. The fourth-order valence-electron chi connectivity index (χ4n) is 2.56. The molecule has 1 aromatic rings. The number of amides is 1. The number of sulfone groups is 1. The van der Waals surface area contributed by atoms with E-state index in [2.05, 4.69) is 4.98 Å². The number of carbonyl (C=O) groups excluding carboxylic acids is 1. The standard InChI is InChI=1S/C13H20N2O3S2/c1-3-15(12-6-7-20(17,18)9-12)13(16)5-4-11-8-19-10(2)14-11/h8,12H,3-7,9H2,1-2H3. The topological polar surface area (TPSA) is 67.3 Å². The maximum absolute atomic E-state index is 12.3. The van der Waals surface area contributed by atoms with Gasteiger partial charge >= 0.3 is 0 Å². The summed E-state index contributed by atoms with van der Waals surface area (Å²) >= 11 is 1.58. The van der Waals surface area contributed by atoms with Crippen LogP contribution in [0.5, 0.6) is 0 Å². The van der Waals surface area contributed by atoms with E-state index in [-0.39, 0.29) is 23.5 Å². The molecule has 20 heavy (non-hydrogen) atoms. The summed E-state index contributed by atoms with van der Waals surface area (Å²) in [6.07, 6.45) is 1.59. The normalized spacial score (nSPS) is 21.0. The van der Waals surface area contributed by atoms with Crippen molar-refractivity contribution in [3.8, 4) is 0 Å². The SMILES string of the molecule is CCN(C(=O)CCc1csc(C)n1)C1CCS(=O)(=O)C1. The highest BCUT2D eigenvalue weighted by atomic mass is 32.2. The van der Waals surface area contributed by atoms with E-state index in [4.69, 9.17) is 0 Å². The molecule has 7 heteroatoms. The van der Waals surface area contributed by atoms with Crippen LogP contribution in [0.1, 0.15) is 30.5 Å². The van der Waals surface area contributed by atoms with Gasteiger partial charge in [0.05, 0.1) is 22.2 Å². The van der Waals surface area contributed by atoms with E-state index in [9.17, 15) is 13.2 Å². The van der Waals surface area contributed by atoms with Crippen LogP contribution in [0.15, 0.2) is 5.38 Å². The van der Waals surface area contributed by atoms with Crippen molar-refractivity contribution in [1.82, 2.24) is 9.88 Å². The summed E-state index contributed by atoms with van der Waals surface area (Å²) in [5.74, 6) is 0.343. The van der Waals surface area contributed by atoms with Gasteiger partial charge in [-0.1, -0.05) is 0 Å². The van der Waals surface area contributed by atoms with E-state index >= 15 is 0 Å². The Morgan fingerprint density at radius 1 is 1.55 bits per heavy atom. The first-order chi connectivity index (χ1) is 9.41. The molecule has 0 aromatic carbocycles. The number of thiazole rings is 1. The first-order valence-electron chi connectivity index (χ1n) is 6.82. The Hall–Kier alpha value is -0.950. The summed E-state index contributed by atoms with van der Waals surface area (Å²) < 4.78 is 23.0. The molecule has 0 radical (unpaired) electrons. The van der Waals surface area contributed by atoms with Crippen LogP contribution in [0.3, 0.4) is 0 Å². The first-order valence-corrected chi connectivity index (χ1v) is 9.52. The molecule has 2 rings (SSSR count). The monoisotopic (exact) mass is 316 g/mol. The predicted octanol–water partition coefficient (Wildman–Crippen LogP) is 1.42. The van der Waals surface area contributed by atoms with Gasteiger partial charge in [0.2, 0.25) is 5.91 Å². The van der Waals surface area contributed by atoms with E-state index in [1.165, 1.54) is 0 Å². The summed E-state index contributed by atoms with van der Waals surface area (Å²) in [6.45, 7) is 4.41. The molecule has 0 spiro atoms. The van der Waals surface area contributed by atoms with E-state index in [1.54, 1.807) is 16.2 Å². The highest BCUT2D eigenvalue weighted by Gasteiger charge is 2.33. The summed E-state index contributed by atoms with van der Waals surface area (Å²) in [4.78, 5) is 18.3. The zero-order valence-corrected chi connectivity index (χ0v) is 13.5. The average molecular weight is 316 g/mol. The van der Waals surface area contributed by atoms with Crippen LogP contribution in [0.4, 0.5) is 0 Å². The molecule has 5 nitrogen and oxygen atoms in total. The van der Waals surface area contributed by atoms with E-state index in [0.29, 0.717) is 25.8 Å². The highest BCUT2D eigenvalue weighted by Crippen LogP contribution is 2.19. The van der Waals surface area contributed by atoms with Crippen molar-refractivity contribution in [3.63, 3.8) is 0 Å². The number of hydrogen-bond acceptors (Lipinski definition) is 5. The molecule has 1 saturated heterocycles. The Morgan fingerprint density at radius 2 is 2.30 bits per heavy atom. The smallest absolute Gasteiger partial charge is 0.223 e. The zero-order valence-electron chi connectivity index (χ0n) is 11.8. The highest BCUT2D eigenvalue weighted by molar-refractivity contribution is 7.91. The van der Waals surface area contributed by atoms with E-state index < -0.39 is 9.84 Å². The number of aryl methyl sites for hydroxylation is 2. The molecule has 0 N–H and O–H groups in total. The van der Waals surface area contributed by atoms with Crippen molar-refractivity contribution >= 4 is 27.1 Å². The van der Waals surface area contributed by atoms with Gasteiger partial charge in [0, 0.05) is 24.4 Å². The van der Waals surface area contributed by atoms with Crippen molar-refractivity contribution in [2.45, 2.75) is 39.2 Å². The lowest BCUT2D eigenvalue weighted by atomic mass is 10.1. The van der Waals surface area contributed by atoms with Crippen LogP contribution >= 0.6 is 11.3 Å². The molecule has 1 amide bonds. The van der Waals surface area contributed by atoms with Gasteiger partial charge in [-0.05, 0) is 26.7 Å². The molecular formula is C13H20N2O3S2. The van der Waals surface area contributed by atoms with Gasteiger partial charge in [-0.25, -0.2) is 13.4 Å². The van der Waals surface area contributed by atoms with E-state index in [1.807, 2.05) is 19.2 Å². The molecule has 112 valence electrons. The second-order valence-corrected chi connectivity index (χ2v) is 8.39. The summed E-state index contributed by atoms with van der Waals surface area (Å²) in [5.41, 5.74) is 0.941. The Bertz CT molecular complexity index is 580. The van der Waals surface area contributed by atoms with Crippen molar-refractivity contribution < 1.29 is 13.2 Å². The third kappa shape index (κ3) is 3.79. The Kier molecular flexibility index (Phi) is 4.80. The van der Waals surface area contributed by atoms with Crippen LogP contribution in [-0.2, 0) is 21.1 Å². The van der Waals surface area contributed by atoms with Crippen LogP contribution in [0.2, 0.25) is 0 Å². The molecule has 2 heterocycles. The quantitative estimate of drug-likeness (QED) is 0.824. The third-order valence-corrected chi connectivity index (χ3v) is 6.14. The second-order valence-electron chi connectivity index (χ2n) is 5.09. The fraction of sp³-hybridized carbons (Fsp3) is 0.692. The molecule has 1 aliphatic rings. The Labute approximate surface area is 123 Å². The summed E-state index contributed by atoms with van der Waals surface area (Å²) in [5, 5.41) is 2.97. The first kappa shape index (κ1) is 15.4. The Balaban J connectivity index is 1.92. The number of nitrogens with zero attached hydrogens (tertiary/aromatic N) is 2. The fourth-order valence-corrected chi connectivity index (χ4v) is 4.94. The maximum Gasteiger partial charge on any atom is 0.223 e. The third-order valence-electron chi connectivity index (χ3n) is 3.57. The van der Waals surface area contributed by atoms with E-state index in [0.717, 1.165) is 10.7 Å². The lowest BCUT2D eigenvalue weighted by Gasteiger charge is -2.26. The molecule has 0 aliphatic carbocycles. The minimum Gasteiger partial charge on any atom is -0.339 e. The largest absolute Gasteiger partial charge is 0.339 e. The van der Waals surface area contributed by atoms with Gasteiger partial charge in [0.25, 0.3) is 0 Å². The predicted molar refractivity (Wildman–Crippen MR) is 79.6 cm³/mol. The van der Waals surface area contributed by atoms with Crippen molar-refractivity contribution in [2.75, 3.05) is 18.1 Å². The van der Waals surface area contributed by atoms with Gasteiger partial charge in [-0.2, -0.15) is 0 Å². The minimum absolute atomic E-state index is 0.0280. The van der Waals surface area contributed by atoms with Gasteiger partial charge in [-0.15, -0.1) is 11.3 Å². The molecule has 1 unspecified atom stereocenters. The zero-order chi connectivity index (χ0) is 14.8. The van der Waals surface area contributed by atoms with Crippen LogP contribution in [0, 0.1) is 6.92 Å². The lowest BCUT2D eigenvalue weighted by Crippen LogP contribution is -2.41. The van der Waals surface area contributed by atoms with Crippen molar-refractivity contribution in [3.05, 3.63) is 16.1 Å². The molecule has 1 fully saturated rings. The molecular weight excluding hydrogens is 296 g/mol. The summed E-state index contributed by atoms with van der Waals surface area (Å²) in [7, 11) is -2.95. The molecule has 1 atom stereocenters. The Morgan fingerprint density at radius 3 is 2.80 bits per heavy atom. The van der Waals surface area contributed by atoms with Gasteiger partial charge in [0.15, 0.2) is 9.84 Å². The number of aromatic nitrogens is 1. The van der Waals surface area contributed by atoms with Crippen LogP contribution in [0.25, 0.3) is 0 Å². The maximum atomic E-state index is 12.3. The van der Waals surface area contributed by atoms with Gasteiger partial charge < -0.3 is 4.90 Å². The van der Waals surface area contributed by atoms with Crippen molar-refractivity contribution in [2.24, 2.45) is 0 Å². The second kappa shape index (κ2) is 6.22. The van der Waals surface area contributed by atoms with Crippen LogP contribution in [-0.4, -0.2) is 48.3 Å². The number of rotatable bonds is 5. The van der Waals surface area contributed by atoms with Gasteiger partial charge in [0.1, 0.15) is 0 Å². The molecule has 0 saturated carbocycles. The van der Waals surface area contributed by atoms with Crippen LogP contribution < -0.4 is 0 Å². The molecule has 0 bridgehead atoms. The molecule has 1 aliphatic heterocycles. The summed E-state index contributed by atoms with van der Waals surface area (Å²) in [6, 6.07) is -0.144. The number of hydrogen-bond donors (Lipinski definition) is 0. The van der Waals surface area contributed by atoms with Crippen molar-refractivity contribution in [1.29, 1.82) is 0 Å². The molecule has 1 aromatic heterocycles. The number of carbonyl (C=O) groups is 1. The average Bonchev–Trinajstić information content (AvgIpc) is 2.94. The van der Waals surface area contributed by atoms with Gasteiger partial charge in [-0.3, -0.25) is 4.79 Å². The minimum atomic E-state index is -2.95.